The van der Waals surface area contributed by atoms with Gasteiger partial charge in [0.15, 0.2) is 0 Å². The highest BCUT2D eigenvalue weighted by Gasteiger charge is 2.22. The SMILES string of the molecule is c1ccc2nc(-c3noc([C@@H]4CCCNC4)n3)ccc2c1. The predicted octanol–water partition coefficient (Wildman–Crippen LogP) is 2.75. The van der Waals surface area contributed by atoms with Gasteiger partial charge in [0.25, 0.3) is 0 Å². The van der Waals surface area contributed by atoms with Gasteiger partial charge in [-0.1, -0.05) is 29.4 Å². The molecule has 1 fully saturated rings. The molecule has 0 radical (unpaired) electrons. The van der Waals surface area contributed by atoms with Gasteiger partial charge in [0.05, 0.1) is 11.4 Å². The maximum atomic E-state index is 5.43. The van der Waals surface area contributed by atoms with Crippen molar-refractivity contribution in [2.45, 2.75) is 18.8 Å². The molecule has 4 rings (SSSR count). The number of benzene rings is 1. The van der Waals surface area contributed by atoms with Crippen molar-refractivity contribution in [1.29, 1.82) is 0 Å². The molecule has 3 aromatic rings. The van der Waals surface area contributed by atoms with Gasteiger partial charge < -0.3 is 9.84 Å². The highest BCUT2D eigenvalue weighted by atomic mass is 16.5. The summed E-state index contributed by atoms with van der Waals surface area (Å²) in [7, 11) is 0. The number of hydrogen-bond acceptors (Lipinski definition) is 5. The molecule has 5 nitrogen and oxygen atoms in total. The van der Waals surface area contributed by atoms with Crippen LogP contribution in [0.3, 0.4) is 0 Å². The minimum absolute atomic E-state index is 0.320. The number of piperidine rings is 1. The molecule has 5 heteroatoms. The quantitative estimate of drug-likeness (QED) is 0.782. The zero-order valence-corrected chi connectivity index (χ0v) is 11.6. The average Bonchev–Trinajstić information content (AvgIpc) is 3.05. The van der Waals surface area contributed by atoms with Gasteiger partial charge in [-0.25, -0.2) is 4.98 Å². The van der Waals surface area contributed by atoms with E-state index in [1.807, 2.05) is 36.4 Å². The van der Waals surface area contributed by atoms with Crippen LogP contribution >= 0.6 is 0 Å². The second-order valence-corrected chi connectivity index (χ2v) is 5.39. The Morgan fingerprint density at radius 2 is 2.05 bits per heavy atom. The molecule has 1 aromatic carbocycles. The Balaban J connectivity index is 1.67. The first-order valence-corrected chi connectivity index (χ1v) is 7.31. The Kier molecular flexibility index (Phi) is 3.12. The molecule has 1 N–H and O–H groups in total. The van der Waals surface area contributed by atoms with Gasteiger partial charge in [-0.2, -0.15) is 4.98 Å². The molecule has 0 saturated carbocycles. The van der Waals surface area contributed by atoms with E-state index in [1.54, 1.807) is 0 Å². The van der Waals surface area contributed by atoms with E-state index in [4.69, 9.17) is 4.52 Å². The topological polar surface area (TPSA) is 63.8 Å². The van der Waals surface area contributed by atoms with E-state index >= 15 is 0 Å². The van der Waals surface area contributed by atoms with Crippen molar-refractivity contribution in [3.05, 3.63) is 42.3 Å². The number of para-hydroxylation sites is 1. The number of rotatable bonds is 2. The van der Waals surface area contributed by atoms with Gasteiger partial charge in [-0.05, 0) is 31.5 Å². The molecule has 1 atom stereocenters. The lowest BCUT2D eigenvalue weighted by molar-refractivity contribution is 0.322. The molecular weight excluding hydrogens is 264 g/mol. The number of aromatic nitrogens is 3. The van der Waals surface area contributed by atoms with E-state index < -0.39 is 0 Å². The molecular formula is C16H16N4O. The van der Waals surface area contributed by atoms with Gasteiger partial charge in [0.2, 0.25) is 11.7 Å². The summed E-state index contributed by atoms with van der Waals surface area (Å²) in [6.45, 7) is 1.98. The van der Waals surface area contributed by atoms with Crippen molar-refractivity contribution >= 4 is 10.9 Å². The van der Waals surface area contributed by atoms with Crippen LogP contribution in [-0.2, 0) is 0 Å². The highest BCUT2D eigenvalue weighted by Crippen LogP contribution is 2.24. The smallest absolute Gasteiger partial charge is 0.231 e. The van der Waals surface area contributed by atoms with Gasteiger partial charge in [0, 0.05) is 11.9 Å². The van der Waals surface area contributed by atoms with E-state index in [9.17, 15) is 0 Å². The Bertz CT molecular complexity index is 762. The van der Waals surface area contributed by atoms with Crippen molar-refractivity contribution in [2.24, 2.45) is 0 Å². The average molecular weight is 280 g/mol. The second kappa shape index (κ2) is 5.26. The predicted molar refractivity (Wildman–Crippen MR) is 79.9 cm³/mol. The standard InChI is InChI=1S/C16H16N4O/c1-2-6-13-11(4-1)7-8-14(18-13)15-19-16(21-20-15)12-5-3-9-17-10-12/h1-2,4,6-8,12,17H,3,5,9-10H2/t12-/m1/s1. The lowest BCUT2D eigenvalue weighted by atomic mass is 10.00. The van der Waals surface area contributed by atoms with E-state index in [2.05, 4.69) is 20.4 Å². The van der Waals surface area contributed by atoms with Crippen molar-refractivity contribution in [3.63, 3.8) is 0 Å². The molecule has 2 aromatic heterocycles. The lowest BCUT2D eigenvalue weighted by Gasteiger charge is -2.18. The molecule has 106 valence electrons. The molecule has 0 spiro atoms. The fourth-order valence-corrected chi connectivity index (χ4v) is 2.76. The van der Waals surface area contributed by atoms with Crippen LogP contribution in [0.15, 0.2) is 40.9 Å². The third-order valence-corrected chi connectivity index (χ3v) is 3.92. The van der Waals surface area contributed by atoms with Crippen molar-refractivity contribution in [3.8, 4) is 11.5 Å². The van der Waals surface area contributed by atoms with Crippen LogP contribution in [0, 0.1) is 0 Å². The van der Waals surface area contributed by atoms with Crippen LogP contribution in [0.25, 0.3) is 22.4 Å². The van der Waals surface area contributed by atoms with Crippen molar-refractivity contribution in [1.82, 2.24) is 20.4 Å². The van der Waals surface area contributed by atoms with Crippen LogP contribution in [0.4, 0.5) is 0 Å². The summed E-state index contributed by atoms with van der Waals surface area (Å²) in [6, 6.07) is 12.0. The summed E-state index contributed by atoms with van der Waals surface area (Å²) in [5, 5.41) is 8.57. The fourth-order valence-electron chi connectivity index (χ4n) is 2.76. The molecule has 1 aliphatic rings. The van der Waals surface area contributed by atoms with Crippen LogP contribution < -0.4 is 5.32 Å². The van der Waals surface area contributed by atoms with Crippen LogP contribution in [0.5, 0.6) is 0 Å². The maximum Gasteiger partial charge on any atom is 0.231 e. The van der Waals surface area contributed by atoms with E-state index in [1.165, 1.54) is 0 Å². The number of nitrogens with zero attached hydrogens (tertiary/aromatic N) is 3. The lowest BCUT2D eigenvalue weighted by Crippen LogP contribution is -2.28. The number of nitrogens with one attached hydrogen (secondary N) is 1. The van der Waals surface area contributed by atoms with E-state index in [0.29, 0.717) is 17.6 Å². The maximum absolute atomic E-state index is 5.43. The Morgan fingerprint density at radius 3 is 2.95 bits per heavy atom. The van der Waals surface area contributed by atoms with Gasteiger partial charge in [-0.15, -0.1) is 0 Å². The number of pyridine rings is 1. The number of fused-ring (bicyclic) bond motifs is 1. The monoisotopic (exact) mass is 280 g/mol. The normalized spacial score (nSPS) is 19.0. The Morgan fingerprint density at radius 1 is 1.10 bits per heavy atom. The fraction of sp³-hybridized carbons (Fsp3) is 0.312. The summed E-state index contributed by atoms with van der Waals surface area (Å²) in [6.07, 6.45) is 2.25. The third kappa shape index (κ3) is 2.40. The van der Waals surface area contributed by atoms with E-state index in [-0.39, 0.29) is 0 Å². The largest absolute Gasteiger partial charge is 0.339 e. The highest BCUT2D eigenvalue weighted by molar-refractivity contribution is 5.80. The first-order valence-electron chi connectivity index (χ1n) is 7.31. The summed E-state index contributed by atoms with van der Waals surface area (Å²) < 4.78 is 5.43. The summed E-state index contributed by atoms with van der Waals surface area (Å²) >= 11 is 0. The molecule has 1 saturated heterocycles. The van der Waals surface area contributed by atoms with Gasteiger partial charge >= 0.3 is 0 Å². The zero-order valence-electron chi connectivity index (χ0n) is 11.6. The molecule has 0 amide bonds. The molecule has 3 heterocycles. The van der Waals surface area contributed by atoms with Gasteiger partial charge in [0.1, 0.15) is 5.69 Å². The summed E-state index contributed by atoms with van der Waals surface area (Å²) in [4.78, 5) is 9.13. The number of hydrogen-bond donors (Lipinski definition) is 1. The third-order valence-electron chi connectivity index (χ3n) is 3.92. The minimum Gasteiger partial charge on any atom is -0.339 e. The molecule has 21 heavy (non-hydrogen) atoms. The molecule has 0 bridgehead atoms. The Hall–Kier alpha value is -2.27. The minimum atomic E-state index is 0.320. The van der Waals surface area contributed by atoms with E-state index in [0.717, 1.165) is 42.5 Å². The summed E-state index contributed by atoms with van der Waals surface area (Å²) in [5.41, 5.74) is 1.70. The molecule has 0 aliphatic carbocycles. The molecule has 0 unspecified atom stereocenters. The zero-order chi connectivity index (χ0) is 14.1. The van der Waals surface area contributed by atoms with Crippen LogP contribution in [0.1, 0.15) is 24.7 Å². The van der Waals surface area contributed by atoms with Crippen molar-refractivity contribution < 1.29 is 4.52 Å². The van der Waals surface area contributed by atoms with Crippen molar-refractivity contribution in [2.75, 3.05) is 13.1 Å². The first-order chi connectivity index (χ1) is 10.4. The van der Waals surface area contributed by atoms with Crippen LogP contribution in [0.2, 0.25) is 0 Å². The van der Waals surface area contributed by atoms with Crippen LogP contribution in [-0.4, -0.2) is 28.2 Å². The first kappa shape index (κ1) is 12.5. The summed E-state index contributed by atoms with van der Waals surface area (Å²) in [5.74, 6) is 1.61. The molecule has 1 aliphatic heterocycles. The second-order valence-electron chi connectivity index (χ2n) is 5.39. The Labute approximate surface area is 122 Å². The van der Waals surface area contributed by atoms with Gasteiger partial charge in [-0.3, -0.25) is 0 Å².